The molecule has 150 valence electrons. The smallest absolute Gasteiger partial charge is 0.220 e. The van der Waals surface area contributed by atoms with Crippen LogP contribution >= 0.6 is 0 Å². The molecule has 4 heterocycles. The molecule has 7 nitrogen and oxygen atoms in total. The van der Waals surface area contributed by atoms with Crippen LogP contribution in [0.2, 0.25) is 0 Å². The Bertz CT molecular complexity index is 819. The Morgan fingerprint density at radius 1 is 1.29 bits per heavy atom. The Kier molecular flexibility index (Phi) is 4.95. The maximum Gasteiger partial charge on any atom is 0.220 e. The van der Waals surface area contributed by atoms with Crippen molar-refractivity contribution in [2.75, 3.05) is 19.6 Å². The second kappa shape index (κ2) is 7.28. The zero-order valence-electron chi connectivity index (χ0n) is 17.1. The van der Waals surface area contributed by atoms with Crippen molar-refractivity contribution in [3.05, 3.63) is 42.5 Å². The van der Waals surface area contributed by atoms with Crippen LogP contribution in [0.25, 0.3) is 0 Å². The lowest BCUT2D eigenvalue weighted by Gasteiger charge is -2.49. The number of aryl methyl sites for hydroxylation is 1. The van der Waals surface area contributed by atoms with Gasteiger partial charge in [-0.1, -0.05) is 20.8 Å². The van der Waals surface area contributed by atoms with Crippen molar-refractivity contribution < 1.29 is 4.79 Å². The molecular weight excluding hydrogens is 352 g/mol. The third kappa shape index (κ3) is 3.94. The number of rotatable bonds is 6. The van der Waals surface area contributed by atoms with E-state index in [4.69, 9.17) is 0 Å². The molecule has 1 spiro atoms. The predicted molar refractivity (Wildman–Crippen MR) is 107 cm³/mol. The number of nitrogens with zero attached hydrogens (tertiary/aromatic N) is 5. The summed E-state index contributed by atoms with van der Waals surface area (Å²) in [5.74, 6) is 1.05. The minimum absolute atomic E-state index is 0.00216. The van der Waals surface area contributed by atoms with E-state index in [1.54, 1.807) is 6.20 Å². The molecule has 28 heavy (non-hydrogen) atoms. The number of hydrogen-bond acceptors (Lipinski definition) is 5. The normalized spacial score (nSPS) is 20.8. The minimum atomic E-state index is -0.00216. The van der Waals surface area contributed by atoms with E-state index in [2.05, 4.69) is 56.7 Å². The highest BCUT2D eigenvalue weighted by molar-refractivity contribution is 5.76. The molecule has 1 amide bonds. The lowest BCUT2D eigenvalue weighted by Crippen LogP contribution is -2.61. The van der Waals surface area contributed by atoms with E-state index >= 15 is 0 Å². The fourth-order valence-corrected chi connectivity index (χ4v) is 4.35. The van der Waals surface area contributed by atoms with E-state index in [0.717, 1.165) is 37.6 Å². The molecule has 0 aromatic carbocycles. The van der Waals surface area contributed by atoms with Gasteiger partial charge in [0.15, 0.2) is 0 Å². The van der Waals surface area contributed by atoms with E-state index in [-0.39, 0.29) is 17.5 Å². The molecule has 7 heteroatoms. The van der Waals surface area contributed by atoms with E-state index in [1.165, 1.54) is 12.7 Å². The number of carbonyl (C=O) groups excluding carboxylic acids is 1. The van der Waals surface area contributed by atoms with Gasteiger partial charge in [0.25, 0.3) is 0 Å². The van der Waals surface area contributed by atoms with Crippen LogP contribution in [0, 0.1) is 5.41 Å². The summed E-state index contributed by atoms with van der Waals surface area (Å²) in [6.07, 6.45) is 10.3. The first-order valence-electron chi connectivity index (χ1n) is 10.2. The molecule has 4 rings (SSSR count). The molecule has 0 saturated carbocycles. The highest BCUT2D eigenvalue weighted by Crippen LogP contribution is 2.44. The predicted octanol–water partition coefficient (Wildman–Crippen LogP) is 2.31. The van der Waals surface area contributed by atoms with E-state index in [0.29, 0.717) is 18.3 Å². The van der Waals surface area contributed by atoms with Gasteiger partial charge in [0.05, 0.1) is 11.6 Å². The largest absolute Gasteiger partial charge is 0.346 e. The van der Waals surface area contributed by atoms with E-state index in [9.17, 15) is 4.79 Å². The van der Waals surface area contributed by atoms with Crippen LogP contribution < -0.4 is 5.32 Å². The van der Waals surface area contributed by atoms with Crippen LogP contribution in [0.15, 0.2) is 31.0 Å². The topological polar surface area (TPSA) is 75.9 Å². The van der Waals surface area contributed by atoms with Crippen molar-refractivity contribution in [2.45, 2.75) is 58.0 Å². The molecule has 2 aliphatic rings. The van der Waals surface area contributed by atoms with Crippen molar-refractivity contribution in [3.8, 4) is 0 Å². The Morgan fingerprint density at radius 2 is 2.11 bits per heavy atom. The average molecular weight is 383 g/mol. The molecule has 2 aliphatic heterocycles. The zero-order valence-corrected chi connectivity index (χ0v) is 17.1. The first kappa shape index (κ1) is 19.1. The standard InChI is InChI=1S/C21H30N6O/c1-20(2,3)7-10-26-13-21(14-26)12-17(19-23-9-11-27(19)21)25-18(28)5-4-16-6-8-22-15-24-16/h6,8-9,11,15,17H,4-5,7,10,12-14H2,1-3H3,(H,25,28). The summed E-state index contributed by atoms with van der Waals surface area (Å²) < 4.78 is 2.30. The Morgan fingerprint density at radius 3 is 2.82 bits per heavy atom. The number of amides is 1. The lowest BCUT2D eigenvalue weighted by molar-refractivity contribution is -0.122. The summed E-state index contributed by atoms with van der Waals surface area (Å²) in [6.45, 7) is 10.1. The molecule has 2 aromatic heterocycles. The van der Waals surface area contributed by atoms with Gasteiger partial charge in [0, 0.05) is 50.2 Å². The number of imidazole rings is 1. The number of hydrogen-bond donors (Lipinski definition) is 1. The Hall–Kier alpha value is -2.28. The molecule has 1 fully saturated rings. The average Bonchev–Trinajstić information content (AvgIpc) is 3.20. The second-order valence-corrected chi connectivity index (χ2v) is 9.43. The van der Waals surface area contributed by atoms with Gasteiger partial charge in [-0.3, -0.25) is 9.69 Å². The maximum absolute atomic E-state index is 12.5. The van der Waals surface area contributed by atoms with Crippen LogP contribution in [0.1, 0.15) is 57.6 Å². The summed E-state index contributed by atoms with van der Waals surface area (Å²) in [6, 6.07) is 1.85. The number of aromatic nitrogens is 4. The maximum atomic E-state index is 12.5. The fourth-order valence-electron chi connectivity index (χ4n) is 4.35. The van der Waals surface area contributed by atoms with Crippen molar-refractivity contribution >= 4 is 5.91 Å². The minimum Gasteiger partial charge on any atom is -0.346 e. The highest BCUT2D eigenvalue weighted by atomic mass is 16.1. The molecule has 1 N–H and O–H groups in total. The van der Waals surface area contributed by atoms with Crippen molar-refractivity contribution in [3.63, 3.8) is 0 Å². The van der Waals surface area contributed by atoms with Gasteiger partial charge in [-0.25, -0.2) is 15.0 Å². The molecule has 0 aliphatic carbocycles. The molecular formula is C21H30N6O. The number of likely N-dealkylation sites (tertiary alicyclic amines) is 1. The van der Waals surface area contributed by atoms with Crippen LogP contribution in [0.3, 0.4) is 0 Å². The summed E-state index contributed by atoms with van der Waals surface area (Å²) in [5.41, 5.74) is 1.34. The van der Waals surface area contributed by atoms with Gasteiger partial charge in [0.2, 0.25) is 5.91 Å². The van der Waals surface area contributed by atoms with E-state index in [1.807, 2.05) is 12.3 Å². The third-order valence-corrected chi connectivity index (χ3v) is 5.88. The summed E-state index contributed by atoms with van der Waals surface area (Å²) >= 11 is 0. The van der Waals surface area contributed by atoms with Crippen molar-refractivity contribution in [2.24, 2.45) is 5.41 Å². The van der Waals surface area contributed by atoms with Crippen molar-refractivity contribution in [1.82, 2.24) is 29.7 Å². The molecule has 1 atom stereocenters. The van der Waals surface area contributed by atoms with Gasteiger partial charge in [-0.15, -0.1) is 0 Å². The van der Waals surface area contributed by atoms with Crippen molar-refractivity contribution in [1.29, 1.82) is 0 Å². The SMILES string of the molecule is CC(C)(C)CCN1CC2(CC(NC(=O)CCc3ccncn3)c3nccn32)C1. The Labute approximate surface area is 166 Å². The van der Waals surface area contributed by atoms with Gasteiger partial charge >= 0.3 is 0 Å². The molecule has 1 saturated heterocycles. The number of fused-ring (bicyclic) bond motifs is 2. The fraction of sp³-hybridized carbons (Fsp3) is 0.619. The van der Waals surface area contributed by atoms with Crippen LogP contribution in [-0.2, 0) is 16.8 Å². The number of nitrogens with one attached hydrogen (secondary N) is 1. The van der Waals surface area contributed by atoms with Gasteiger partial charge < -0.3 is 9.88 Å². The molecule has 0 radical (unpaired) electrons. The van der Waals surface area contributed by atoms with E-state index < -0.39 is 0 Å². The highest BCUT2D eigenvalue weighted by Gasteiger charge is 2.52. The quantitative estimate of drug-likeness (QED) is 0.830. The summed E-state index contributed by atoms with van der Waals surface area (Å²) in [5, 5.41) is 3.20. The van der Waals surface area contributed by atoms with Gasteiger partial charge in [0.1, 0.15) is 12.2 Å². The number of carbonyl (C=O) groups is 1. The van der Waals surface area contributed by atoms with Crippen LogP contribution in [-0.4, -0.2) is 50.0 Å². The molecule has 2 aromatic rings. The third-order valence-electron chi connectivity index (χ3n) is 5.88. The van der Waals surface area contributed by atoms with Crippen LogP contribution in [0.5, 0.6) is 0 Å². The monoisotopic (exact) mass is 382 g/mol. The Balaban J connectivity index is 1.33. The van der Waals surface area contributed by atoms with Crippen LogP contribution in [0.4, 0.5) is 0 Å². The first-order chi connectivity index (χ1) is 13.3. The van der Waals surface area contributed by atoms with Gasteiger partial charge in [-0.2, -0.15) is 0 Å². The first-order valence-corrected chi connectivity index (χ1v) is 10.2. The molecule has 1 unspecified atom stereocenters. The summed E-state index contributed by atoms with van der Waals surface area (Å²) in [4.78, 5) is 27.7. The zero-order chi connectivity index (χ0) is 19.8. The molecule has 0 bridgehead atoms. The van der Waals surface area contributed by atoms with Gasteiger partial charge in [-0.05, 0) is 30.9 Å². The second-order valence-electron chi connectivity index (χ2n) is 9.43. The summed E-state index contributed by atoms with van der Waals surface area (Å²) in [7, 11) is 0. The lowest BCUT2D eigenvalue weighted by atomic mass is 9.84.